The van der Waals surface area contributed by atoms with Crippen LogP contribution in [0.4, 0.5) is 0 Å². The molecule has 0 bridgehead atoms. The van der Waals surface area contributed by atoms with Crippen LogP contribution in [0, 0.1) is 20.8 Å². The second kappa shape index (κ2) is 7.12. The molecular weight excluding hydrogens is 292 g/mol. The van der Waals surface area contributed by atoms with Crippen LogP contribution in [0.5, 0.6) is 5.75 Å². The number of nitrogens with two attached hydrogens (primary N) is 1. The molecule has 0 amide bonds. The number of methoxy groups -OCH3 is 1. The van der Waals surface area contributed by atoms with E-state index >= 15 is 0 Å². The Labute approximate surface area is 118 Å². The summed E-state index contributed by atoms with van der Waals surface area (Å²) in [7, 11) is 1.73. The van der Waals surface area contributed by atoms with E-state index in [1.165, 1.54) is 26.7 Å². The molecule has 18 heavy (non-hydrogen) atoms. The van der Waals surface area contributed by atoms with Gasteiger partial charge in [0.05, 0.1) is 7.11 Å². The summed E-state index contributed by atoms with van der Waals surface area (Å²) in [6.07, 6.45) is 0.993. The van der Waals surface area contributed by atoms with Crippen LogP contribution in [0.2, 0.25) is 0 Å². The van der Waals surface area contributed by atoms with Crippen molar-refractivity contribution in [1.82, 2.24) is 5.32 Å². The van der Waals surface area contributed by atoms with E-state index in [0.29, 0.717) is 0 Å². The predicted molar refractivity (Wildman–Crippen MR) is 80.3 cm³/mol. The zero-order chi connectivity index (χ0) is 13.7. The lowest BCUT2D eigenvalue weighted by atomic mass is 9.99. The van der Waals surface area contributed by atoms with Gasteiger partial charge in [0.1, 0.15) is 5.75 Å². The van der Waals surface area contributed by atoms with Crippen molar-refractivity contribution in [3.05, 3.63) is 26.7 Å². The van der Waals surface area contributed by atoms with Gasteiger partial charge in [-0.3, -0.25) is 0 Å². The molecule has 0 spiro atoms. The zero-order valence-electron chi connectivity index (χ0n) is 11.7. The molecule has 1 rings (SSSR count). The van der Waals surface area contributed by atoms with E-state index in [-0.39, 0.29) is 0 Å². The lowest BCUT2D eigenvalue weighted by Gasteiger charge is -2.19. The zero-order valence-corrected chi connectivity index (χ0v) is 13.3. The third kappa shape index (κ3) is 3.25. The lowest BCUT2D eigenvalue weighted by molar-refractivity contribution is 0.403. The van der Waals surface area contributed by atoms with Crippen molar-refractivity contribution in [2.24, 2.45) is 5.73 Å². The highest BCUT2D eigenvalue weighted by Gasteiger charge is 2.16. The van der Waals surface area contributed by atoms with Crippen LogP contribution in [-0.4, -0.2) is 20.2 Å². The van der Waals surface area contributed by atoms with Crippen molar-refractivity contribution < 1.29 is 4.74 Å². The Kier molecular flexibility index (Phi) is 6.12. The van der Waals surface area contributed by atoms with Gasteiger partial charge in [-0.2, -0.15) is 0 Å². The summed E-state index contributed by atoms with van der Waals surface area (Å²) < 4.78 is 6.74. The average Bonchev–Trinajstić information content (AvgIpc) is 2.38. The number of hydrogen-bond donors (Lipinski definition) is 2. The van der Waals surface area contributed by atoms with Gasteiger partial charge in [-0.1, -0.05) is 15.9 Å². The molecular formula is C14H23BrN2O. The van der Waals surface area contributed by atoms with Gasteiger partial charge in [-0.25, -0.2) is 0 Å². The molecule has 0 saturated heterocycles. The first kappa shape index (κ1) is 15.5. The van der Waals surface area contributed by atoms with Gasteiger partial charge in [0.15, 0.2) is 0 Å². The number of nitrogens with one attached hydrogen (secondary N) is 1. The first-order valence-corrected chi connectivity index (χ1v) is 7.06. The van der Waals surface area contributed by atoms with E-state index < -0.39 is 0 Å². The summed E-state index contributed by atoms with van der Waals surface area (Å²) in [5.41, 5.74) is 10.4. The Morgan fingerprint density at radius 3 is 2.39 bits per heavy atom. The maximum Gasteiger partial charge on any atom is 0.126 e. The molecule has 4 heteroatoms. The van der Waals surface area contributed by atoms with Gasteiger partial charge < -0.3 is 15.8 Å². The number of rotatable bonds is 6. The first-order valence-electron chi connectivity index (χ1n) is 6.27. The largest absolute Gasteiger partial charge is 0.496 e. The van der Waals surface area contributed by atoms with Crippen molar-refractivity contribution in [2.45, 2.75) is 33.7 Å². The van der Waals surface area contributed by atoms with Crippen LogP contribution in [0.25, 0.3) is 0 Å². The summed E-state index contributed by atoms with van der Waals surface area (Å²) in [5.74, 6) is 0.994. The van der Waals surface area contributed by atoms with Crippen LogP contribution in [-0.2, 0) is 6.54 Å². The fraction of sp³-hybridized carbons (Fsp3) is 0.571. The minimum Gasteiger partial charge on any atom is -0.496 e. The smallest absolute Gasteiger partial charge is 0.126 e. The number of hydrogen-bond acceptors (Lipinski definition) is 3. The molecule has 102 valence electrons. The van der Waals surface area contributed by atoms with Gasteiger partial charge in [0.25, 0.3) is 0 Å². The second-order valence-corrected chi connectivity index (χ2v) is 5.31. The van der Waals surface area contributed by atoms with Crippen LogP contribution in [0.1, 0.15) is 28.7 Å². The van der Waals surface area contributed by atoms with Crippen molar-refractivity contribution in [1.29, 1.82) is 0 Å². The highest BCUT2D eigenvalue weighted by atomic mass is 79.9. The monoisotopic (exact) mass is 314 g/mol. The summed E-state index contributed by atoms with van der Waals surface area (Å²) >= 11 is 3.66. The number of ether oxygens (including phenoxy) is 1. The molecule has 0 radical (unpaired) electrons. The molecule has 0 atom stereocenters. The summed E-state index contributed by atoms with van der Waals surface area (Å²) in [6, 6.07) is 0. The molecule has 1 aromatic rings. The minimum atomic E-state index is 0.722. The molecule has 1 aromatic carbocycles. The van der Waals surface area contributed by atoms with Gasteiger partial charge >= 0.3 is 0 Å². The van der Waals surface area contributed by atoms with Crippen molar-refractivity contribution in [3.8, 4) is 5.75 Å². The van der Waals surface area contributed by atoms with Crippen LogP contribution in [0.3, 0.4) is 0 Å². The number of benzene rings is 1. The third-order valence-electron chi connectivity index (χ3n) is 3.35. The normalized spacial score (nSPS) is 10.8. The maximum atomic E-state index is 5.56. The third-order valence-corrected chi connectivity index (χ3v) is 4.54. The van der Waals surface area contributed by atoms with Gasteiger partial charge in [0.2, 0.25) is 0 Å². The SMILES string of the molecule is COc1c(C)c(C)c(Br)c(C)c1CNCCCN. The average molecular weight is 315 g/mol. The van der Waals surface area contributed by atoms with Crippen LogP contribution >= 0.6 is 15.9 Å². The van der Waals surface area contributed by atoms with Crippen molar-refractivity contribution in [2.75, 3.05) is 20.2 Å². The topological polar surface area (TPSA) is 47.3 Å². The van der Waals surface area contributed by atoms with Crippen molar-refractivity contribution >= 4 is 15.9 Å². The quantitative estimate of drug-likeness (QED) is 0.794. The highest BCUT2D eigenvalue weighted by Crippen LogP contribution is 2.35. The highest BCUT2D eigenvalue weighted by molar-refractivity contribution is 9.10. The molecule has 0 saturated carbocycles. The molecule has 0 aromatic heterocycles. The molecule has 0 aliphatic rings. The van der Waals surface area contributed by atoms with E-state index in [1.807, 2.05) is 0 Å². The molecule has 0 unspecified atom stereocenters. The molecule has 0 aliphatic carbocycles. The van der Waals surface area contributed by atoms with Gasteiger partial charge in [-0.05, 0) is 57.0 Å². The van der Waals surface area contributed by atoms with Gasteiger partial charge in [0, 0.05) is 16.6 Å². The molecule has 0 fully saturated rings. The second-order valence-electron chi connectivity index (χ2n) is 4.52. The fourth-order valence-electron chi connectivity index (χ4n) is 2.07. The van der Waals surface area contributed by atoms with Crippen LogP contribution in [0.15, 0.2) is 4.47 Å². The van der Waals surface area contributed by atoms with Crippen molar-refractivity contribution in [3.63, 3.8) is 0 Å². The lowest BCUT2D eigenvalue weighted by Crippen LogP contribution is -2.19. The molecule has 0 heterocycles. The van der Waals surface area contributed by atoms with E-state index in [4.69, 9.17) is 10.5 Å². The Bertz CT molecular complexity index is 419. The van der Waals surface area contributed by atoms with E-state index in [9.17, 15) is 0 Å². The van der Waals surface area contributed by atoms with Gasteiger partial charge in [-0.15, -0.1) is 0 Å². The minimum absolute atomic E-state index is 0.722. The Morgan fingerprint density at radius 2 is 1.83 bits per heavy atom. The summed E-state index contributed by atoms with van der Waals surface area (Å²) in [6.45, 7) is 8.80. The summed E-state index contributed by atoms with van der Waals surface area (Å²) in [4.78, 5) is 0. The molecule has 0 aliphatic heterocycles. The Hall–Kier alpha value is -0.580. The Morgan fingerprint density at radius 1 is 1.17 bits per heavy atom. The molecule has 3 N–H and O–H groups in total. The standard InChI is InChI=1S/C14H23BrN2O/c1-9-10(2)14(18-4)12(11(3)13(9)15)8-17-7-5-6-16/h17H,5-8,16H2,1-4H3. The first-order chi connectivity index (χ1) is 8.54. The fourth-order valence-corrected chi connectivity index (χ4v) is 2.61. The molecule has 3 nitrogen and oxygen atoms in total. The van der Waals surface area contributed by atoms with Crippen LogP contribution < -0.4 is 15.8 Å². The predicted octanol–water partition coefficient (Wildman–Crippen LogP) is 2.82. The Balaban J connectivity index is 3.01. The maximum absolute atomic E-state index is 5.56. The van der Waals surface area contributed by atoms with E-state index in [2.05, 4.69) is 42.0 Å². The van der Waals surface area contributed by atoms with E-state index in [1.54, 1.807) is 7.11 Å². The summed E-state index contributed by atoms with van der Waals surface area (Å²) in [5, 5.41) is 3.41. The van der Waals surface area contributed by atoms with E-state index in [0.717, 1.165) is 31.8 Å². The number of halogens is 1.